The summed E-state index contributed by atoms with van der Waals surface area (Å²) in [4.78, 5) is 10.9. The number of phenols is 1. The number of ketones is 1. The quantitative estimate of drug-likeness (QED) is 0.852. The zero-order valence-corrected chi connectivity index (χ0v) is 9.23. The second kappa shape index (κ2) is 4.35. The van der Waals surface area contributed by atoms with Crippen molar-refractivity contribution in [2.45, 2.75) is 19.8 Å². The third-order valence-corrected chi connectivity index (χ3v) is 2.65. The van der Waals surface area contributed by atoms with Gasteiger partial charge in [-0.15, -0.1) is 0 Å². The van der Waals surface area contributed by atoms with E-state index in [9.17, 15) is 9.90 Å². The highest BCUT2D eigenvalue weighted by atomic mass is 16.3. The van der Waals surface area contributed by atoms with Gasteiger partial charge in [-0.25, -0.2) is 0 Å². The Morgan fingerprint density at radius 3 is 2.56 bits per heavy atom. The van der Waals surface area contributed by atoms with Crippen LogP contribution in [0.2, 0.25) is 0 Å². The van der Waals surface area contributed by atoms with E-state index in [4.69, 9.17) is 0 Å². The maximum atomic E-state index is 10.9. The summed E-state index contributed by atoms with van der Waals surface area (Å²) in [5.74, 6) is 0.495. The average Bonchev–Trinajstić information content (AvgIpc) is 2.26. The van der Waals surface area contributed by atoms with E-state index in [1.54, 1.807) is 19.1 Å². The summed E-state index contributed by atoms with van der Waals surface area (Å²) >= 11 is 0. The molecular formula is C14H14O2. The molecule has 0 aliphatic rings. The number of hydrogen-bond acceptors (Lipinski definition) is 2. The van der Waals surface area contributed by atoms with Gasteiger partial charge in [-0.2, -0.15) is 0 Å². The smallest absolute Gasteiger partial charge is 0.130 e. The van der Waals surface area contributed by atoms with Crippen LogP contribution >= 0.6 is 0 Å². The number of fused-ring (bicyclic) bond motifs is 1. The van der Waals surface area contributed by atoms with Crippen LogP contribution in [0.3, 0.4) is 0 Å². The first-order valence-electron chi connectivity index (χ1n) is 5.36. The lowest BCUT2D eigenvalue weighted by Gasteiger charge is -2.03. The molecule has 0 radical (unpaired) electrons. The minimum absolute atomic E-state index is 0.214. The standard InChI is InChI=1S/C14H14O2/c1-10(15)2-3-11-4-5-13-9-14(16)7-6-12(13)8-11/h4-9,16H,2-3H2,1H3. The van der Waals surface area contributed by atoms with Crippen molar-refractivity contribution in [1.82, 2.24) is 0 Å². The molecule has 0 spiro atoms. The van der Waals surface area contributed by atoms with Gasteiger partial charge in [-0.3, -0.25) is 0 Å². The van der Waals surface area contributed by atoms with Crippen LogP contribution in [0.4, 0.5) is 0 Å². The minimum atomic E-state index is 0.214. The van der Waals surface area contributed by atoms with Crippen molar-refractivity contribution in [2.24, 2.45) is 0 Å². The summed E-state index contributed by atoms with van der Waals surface area (Å²) in [5.41, 5.74) is 1.16. The zero-order chi connectivity index (χ0) is 11.5. The van der Waals surface area contributed by atoms with Gasteiger partial charge in [0.25, 0.3) is 0 Å². The predicted octanol–water partition coefficient (Wildman–Crippen LogP) is 3.07. The summed E-state index contributed by atoms with van der Waals surface area (Å²) in [7, 11) is 0. The molecule has 0 unspecified atom stereocenters. The van der Waals surface area contributed by atoms with Gasteiger partial charge in [-0.05, 0) is 41.8 Å². The van der Waals surface area contributed by atoms with Gasteiger partial charge < -0.3 is 9.90 Å². The van der Waals surface area contributed by atoms with Crippen molar-refractivity contribution in [3.05, 3.63) is 42.0 Å². The number of Topliss-reactive ketones (excluding diaryl/α,β-unsaturated/α-hetero) is 1. The number of carbonyl (C=O) groups is 1. The SMILES string of the molecule is CC(=O)CCc1ccc2cc(O)ccc2c1. The maximum absolute atomic E-state index is 10.9. The van der Waals surface area contributed by atoms with Crippen molar-refractivity contribution in [2.75, 3.05) is 0 Å². The topological polar surface area (TPSA) is 37.3 Å². The van der Waals surface area contributed by atoms with E-state index in [1.165, 1.54) is 0 Å². The normalized spacial score (nSPS) is 10.6. The van der Waals surface area contributed by atoms with Gasteiger partial charge in [0.15, 0.2) is 0 Å². The van der Waals surface area contributed by atoms with Crippen molar-refractivity contribution in [3.8, 4) is 5.75 Å². The van der Waals surface area contributed by atoms with E-state index in [-0.39, 0.29) is 11.5 Å². The monoisotopic (exact) mass is 214 g/mol. The lowest BCUT2D eigenvalue weighted by atomic mass is 10.0. The van der Waals surface area contributed by atoms with Crippen LogP contribution in [-0.4, -0.2) is 10.9 Å². The Morgan fingerprint density at radius 2 is 1.81 bits per heavy atom. The highest BCUT2D eigenvalue weighted by Crippen LogP contribution is 2.21. The molecule has 2 aromatic carbocycles. The molecule has 2 heteroatoms. The van der Waals surface area contributed by atoms with Gasteiger partial charge >= 0.3 is 0 Å². The molecule has 2 aromatic rings. The molecule has 0 amide bonds. The highest BCUT2D eigenvalue weighted by Gasteiger charge is 1.99. The van der Waals surface area contributed by atoms with Crippen LogP contribution in [-0.2, 0) is 11.2 Å². The van der Waals surface area contributed by atoms with E-state index >= 15 is 0 Å². The van der Waals surface area contributed by atoms with Gasteiger partial charge in [0.1, 0.15) is 11.5 Å². The fraction of sp³-hybridized carbons (Fsp3) is 0.214. The van der Waals surface area contributed by atoms with Gasteiger partial charge in [0.05, 0.1) is 0 Å². The number of hydrogen-bond donors (Lipinski definition) is 1. The Labute approximate surface area is 94.5 Å². The molecule has 82 valence electrons. The molecule has 2 rings (SSSR count). The van der Waals surface area contributed by atoms with Gasteiger partial charge in [-0.1, -0.05) is 24.3 Å². The molecule has 0 atom stereocenters. The number of phenolic OH excluding ortho intramolecular Hbond substituents is 1. The lowest BCUT2D eigenvalue weighted by molar-refractivity contribution is -0.116. The molecule has 0 aliphatic heterocycles. The van der Waals surface area contributed by atoms with Crippen LogP contribution in [0, 0.1) is 0 Å². The summed E-state index contributed by atoms with van der Waals surface area (Å²) in [5, 5.41) is 11.4. The largest absolute Gasteiger partial charge is 0.508 e. The van der Waals surface area contributed by atoms with Crippen LogP contribution < -0.4 is 0 Å². The van der Waals surface area contributed by atoms with Crippen LogP contribution in [0.25, 0.3) is 10.8 Å². The number of carbonyl (C=O) groups excluding carboxylic acids is 1. The molecule has 0 aliphatic carbocycles. The van der Waals surface area contributed by atoms with E-state index in [0.29, 0.717) is 6.42 Å². The van der Waals surface area contributed by atoms with Crippen LogP contribution in [0.1, 0.15) is 18.9 Å². The Kier molecular flexibility index (Phi) is 2.91. The summed E-state index contributed by atoms with van der Waals surface area (Å²) < 4.78 is 0. The third-order valence-electron chi connectivity index (χ3n) is 2.65. The predicted molar refractivity (Wildman–Crippen MR) is 64.6 cm³/mol. The third kappa shape index (κ3) is 2.40. The van der Waals surface area contributed by atoms with Crippen molar-refractivity contribution in [1.29, 1.82) is 0 Å². The van der Waals surface area contributed by atoms with Gasteiger partial charge in [0, 0.05) is 6.42 Å². The first-order valence-corrected chi connectivity index (χ1v) is 5.36. The second-order valence-corrected chi connectivity index (χ2v) is 4.07. The molecule has 0 saturated heterocycles. The number of aryl methyl sites for hydroxylation is 1. The average molecular weight is 214 g/mol. The van der Waals surface area contributed by atoms with Crippen molar-refractivity contribution >= 4 is 16.6 Å². The summed E-state index contributed by atoms with van der Waals surface area (Å²) in [6, 6.07) is 11.4. The number of rotatable bonds is 3. The Balaban J connectivity index is 2.30. The molecule has 2 nitrogen and oxygen atoms in total. The van der Waals surface area contributed by atoms with E-state index < -0.39 is 0 Å². The maximum Gasteiger partial charge on any atom is 0.130 e. The van der Waals surface area contributed by atoms with Gasteiger partial charge in [0.2, 0.25) is 0 Å². The van der Waals surface area contributed by atoms with Crippen LogP contribution in [0.15, 0.2) is 36.4 Å². The Hall–Kier alpha value is -1.83. The molecular weight excluding hydrogens is 200 g/mol. The van der Waals surface area contributed by atoms with Crippen molar-refractivity contribution in [3.63, 3.8) is 0 Å². The molecule has 0 aromatic heterocycles. The van der Waals surface area contributed by atoms with E-state index in [1.807, 2.05) is 18.2 Å². The molecule has 1 N–H and O–H groups in total. The Morgan fingerprint density at radius 1 is 1.12 bits per heavy atom. The number of benzene rings is 2. The minimum Gasteiger partial charge on any atom is -0.508 e. The molecule has 0 heterocycles. The van der Waals surface area contributed by atoms with E-state index in [0.717, 1.165) is 22.8 Å². The summed E-state index contributed by atoms with van der Waals surface area (Å²) in [6.45, 7) is 1.61. The molecule has 16 heavy (non-hydrogen) atoms. The Bertz CT molecular complexity index is 529. The van der Waals surface area contributed by atoms with Crippen molar-refractivity contribution < 1.29 is 9.90 Å². The molecule has 0 fully saturated rings. The second-order valence-electron chi connectivity index (χ2n) is 4.07. The fourth-order valence-corrected chi connectivity index (χ4v) is 1.76. The molecule has 0 bridgehead atoms. The first-order chi connectivity index (χ1) is 7.65. The van der Waals surface area contributed by atoms with E-state index in [2.05, 4.69) is 6.07 Å². The van der Waals surface area contributed by atoms with Crippen LogP contribution in [0.5, 0.6) is 5.75 Å². The molecule has 0 saturated carbocycles. The lowest BCUT2D eigenvalue weighted by Crippen LogP contribution is -1.93. The summed E-state index contributed by atoms with van der Waals surface area (Å²) in [6.07, 6.45) is 1.37. The first kappa shape index (κ1) is 10.7. The fourth-order valence-electron chi connectivity index (χ4n) is 1.76. The number of aromatic hydroxyl groups is 1. The zero-order valence-electron chi connectivity index (χ0n) is 9.23. The highest BCUT2D eigenvalue weighted by molar-refractivity contribution is 5.84.